The molecule has 0 aromatic carbocycles. The molecule has 1 aromatic rings. The van der Waals surface area contributed by atoms with E-state index in [-0.39, 0.29) is 18.3 Å². The smallest absolute Gasteiger partial charge is 0.299 e. The third-order valence-corrected chi connectivity index (χ3v) is 3.69. The molecule has 0 aliphatic carbocycles. The molecule has 6 nitrogen and oxygen atoms in total. The fraction of sp³-hybridized carbons (Fsp3) is 0.375. The highest BCUT2D eigenvalue weighted by Crippen LogP contribution is 2.28. The number of nitrogens with zero attached hydrogens (tertiary/aromatic N) is 2. The molecule has 0 fully saturated rings. The van der Waals surface area contributed by atoms with Crippen LogP contribution in [0.3, 0.4) is 0 Å². The number of anilines is 1. The zero-order valence-electron chi connectivity index (χ0n) is 8.93. The van der Waals surface area contributed by atoms with Crippen LogP contribution in [-0.4, -0.2) is 33.7 Å². The average molecular weight is 345 g/mol. The lowest BCUT2D eigenvalue weighted by molar-refractivity contribution is 0.208. The van der Waals surface area contributed by atoms with E-state index in [2.05, 4.69) is 20.9 Å². The van der Waals surface area contributed by atoms with Gasteiger partial charge in [-0.1, -0.05) is 11.6 Å². The van der Waals surface area contributed by atoms with Gasteiger partial charge >= 0.3 is 0 Å². The summed E-state index contributed by atoms with van der Waals surface area (Å²) in [7, 11) is -2.42. The molecule has 0 aliphatic heterocycles. The second-order valence-electron chi connectivity index (χ2n) is 3.07. The summed E-state index contributed by atoms with van der Waals surface area (Å²) in [6.07, 6.45) is 1.41. The minimum atomic E-state index is -3.89. The van der Waals surface area contributed by atoms with Crippen molar-refractivity contribution in [2.24, 2.45) is 5.14 Å². The fourth-order valence-corrected chi connectivity index (χ4v) is 2.61. The van der Waals surface area contributed by atoms with E-state index in [4.69, 9.17) is 21.5 Å². The summed E-state index contributed by atoms with van der Waals surface area (Å²) in [5.74, 6) is 0. The Balaban J connectivity index is 3.17. The van der Waals surface area contributed by atoms with E-state index in [1.165, 1.54) is 19.4 Å². The van der Waals surface area contributed by atoms with Crippen molar-refractivity contribution in [3.63, 3.8) is 0 Å². The molecule has 0 bridgehead atoms. The molecule has 0 unspecified atom stereocenters. The number of hydrogen-bond acceptors (Lipinski definition) is 4. The number of hydrogen-bond donors (Lipinski definition) is 1. The lowest BCUT2D eigenvalue weighted by Gasteiger charge is -2.22. The van der Waals surface area contributed by atoms with Gasteiger partial charge in [-0.05, 0) is 15.9 Å². The Morgan fingerprint density at radius 1 is 1.65 bits per heavy atom. The van der Waals surface area contributed by atoms with Crippen LogP contribution in [-0.2, 0) is 14.9 Å². The summed E-state index contributed by atoms with van der Waals surface area (Å²) in [6, 6.07) is 1.41. The molecule has 0 amide bonds. The van der Waals surface area contributed by atoms with Crippen LogP contribution in [0.15, 0.2) is 16.7 Å². The lowest BCUT2D eigenvalue weighted by atomic mass is 10.4. The Morgan fingerprint density at radius 3 is 2.82 bits per heavy atom. The molecule has 2 N–H and O–H groups in total. The first-order valence-electron chi connectivity index (χ1n) is 4.46. The van der Waals surface area contributed by atoms with Gasteiger partial charge in [0.1, 0.15) is 5.15 Å². The van der Waals surface area contributed by atoms with Crippen LogP contribution < -0.4 is 9.44 Å². The summed E-state index contributed by atoms with van der Waals surface area (Å²) >= 11 is 8.91. The molecule has 1 heterocycles. The third-order valence-electron chi connectivity index (χ3n) is 1.88. The number of rotatable bonds is 5. The molecular formula is C8H11BrClN3O3S. The number of halogens is 2. The van der Waals surface area contributed by atoms with Crippen LogP contribution >= 0.6 is 27.5 Å². The van der Waals surface area contributed by atoms with Gasteiger partial charge in [-0.3, -0.25) is 4.31 Å². The monoisotopic (exact) mass is 343 g/mol. The topological polar surface area (TPSA) is 85.5 Å². The molecule has 0 saturated heterocycles. The molecular weight excluding hydrogens is 334 g/mol. The van der Waals surface area contributed by atoms with Gasteiger partial charge < -0.3 is 4.74 Å². The Hall–Kier alpha value is -0.410. The predicted octanol–water partition coefficient (Wildman–Crippen LogP) is 1.15. The van der Waals surface area contributed by atoms with Crippen LogP contribution in [0.25, 0.3) is 0 Å². The maximum absolute atomic E-state index is 11.5. The highest BCUT2D eigenvalue weighted by Gasteiger charge is 2.20. The van der Waals surface area contributed by atoms with Gasteiger partial charge in [0, 0.05) is 19.4 Å². The number of methoxy groups -OCH3 is 1. The van der Waals surface area contributed by atoms with E-state index in [9.17, 15) is 8.42 Å². The first-order chi connectivity index (χ1) is 7.86. The van der Waals surface area contributed by atoms with Crippen LogP contribution in [0.4, 0.5) is 5.69 Å². The molecule has 0 atom stereocenters. The van der Waals surface area contributed by atoms with E-state index in [1.54, 1.807) is 0 Å². The maximum Gasteiger partial charge on any atom is 0.299 e. The highest BCUT2D eigenvalue weighted by atomic mass is 79.9. The first-order valence-corrected chi connectivity index (χ1v) is 7.14. The Morgan fingerprint density at radius 2 is 2.29 bits per heavy atom. The second-order valence-corrected chi connectivity index (χ2v) is 5.78. The van der Waals surface area contributed by atoms with E-state index in [0.29, 0.717) is 10.2 Å². The molecule has 9 heteroatoms. The Kier molecular flexibility index (Phi) is 5.14. The summed E-state index contributed by atoms with van der Waals surface area (Å²) in [4.78, 5) is 3.81. The van der Waals surface area contributed by atoms with Crippen LogP contribution in [0.5, 0.6) is 0 Å². The summed E-state index contributed by atoms with van der Waals surface area (Å²) < 4.78 is 29.2. The maximum atomic E-state index is 11.5. The Bertz CT molecular complexity index is 497. The van der Waals surface area contributed by atoms with Crippen molar-refractivity contribution in [2.45, 2.75) is 0 Å². The van der Waals surface area contributed by atoms with Gasteiger partial charge in [0.2, 0.25) is 0 Å². The predicted molar refractivity (Wildman–Crippen MR) is 69.3 cm³/mol. The van der Waals surface area contributed by atoms with Crippen molar-refractivity contribution in [1.29, 1.82) is 0 Å². The van der Waals surface area contributed by atoms with Crippen molar-refractivity contribution < 1.29 is 13.2 Å². The molecule has 1 rings (SSSR count). The van der Waals surface area contributed by atoms with Crippen LogP contribution in [0.1, 0.15) is 0 Å². The van der Waals surface area contributed by atoms with E-state index in [0.717, 1.165) is 4.31 Å². The van der Waals surface area contributed by atoms with Gasteiger partial charge in [0.25, 0.3) is 10.2 Å². The van der Waals surface area contributed by atoms with Crippen molar-refractivity contribution in [2.75, 3.05) is 24.6 Å². The summed E-state index contributed by atoms with van der Waals surface area (Å²) in [5, 5.41) is 5.30. The zero-order chi connectivity index (χ0) is 13.1. The van der Waals surface area contributed by atoms with Gasteiger partial charge in [0.05, 0.1) is 23.3 Å². The van der Waals surface area contributed by atoms with Crippen LogP contribution in [0.2, 0.25) is 5.15 Å². The summed E-state index contributed by atoms with van der Waals surface area (Å²) in [5.41, 5.74) is 0.324. The van der Waals surface area contributed by atoms with Crippen LogP contribution in [0, 0.1) is 0 Å². The van der Waals surface area contributed by atoms with Gasteiger partial charge in [-0.15, -0.1) is 0 Å². The number of pyridine rings is 1. The standard InChI is InChI=1S/C8H11BrClN3O3S/c1-16-3-2-13(17(11,14)15)7-4-8(10)12-5-6(7)9/h4-5H,2-3H2,1H3,(H2,11,14,15). The van der Waals surface area contributed by atoms with Crippen molar-refractivity contribution in [3.05, 3.63) is 21.9 Å². The van der Waals surface area contributed by atoms with Gasteiger partial charge in [-0.25, -0.2) is 10.1 Å². The second kappa shape index (κ2) is 5.96. The Labute approximate surface area is 113 Å². The van der Waals surface area contributed by atoms with Gasteiger partial charge in [0.15, 0.2) is 0 Å². The first kappa shape index (κ1) is 14.7. The molecule has 0 spiro atoms. The minimum absolute atomic E-state index is 0.0915. The number of ether oxygens (including phenoxy) is 1. The van der Waals surface area contributed by atoms with Crippen molar-refractivity contribution in [1.82, 2.24) is 4.98 Å². The largest absolute Gasteiger partial charge is 0.383 e. The third kappa shape index (κ3) is 4.07. The average Bonchev–Trinajstić information content (AvgIpc) is 2.21. The SMILES string of the molecule is COCCN(c1cc(Cl)ncc1Br)S(N)(=O)=O. The fourth-order valence-electron chi connectivity index (χ4n) is 1.15. The highest BCUT2D eigenvalue weighted by molar-refractivity contribution is 9.10. The van der Waals surface area contributed by atoms with E-state index in [1.807, 2.05) is 0 Å². The van der Waals surface area contributed by atoms with Gasteiger partial charge in [-0.2, -0.15) is 8.42 Å². The number of nitrogens with two attached hydrogens (primary N) is 1. The molecule has 0 radical (unpaired) electrons. The van der Waals surface area contributed by atoms with E-state index < -0.39 is 10.2 Å². The van der Waals surface area contributed by atoms with E-state index >= 15 is 0 Å². The molecule has 1 aromatic heterocycles. The summed E-state index contributed by atoms with van der Waals surface area (Å²) in [6.45, 7) is 0.303. The normalized spacial score (nSPS) is 11.5. The minimum Gasteiger partial charge on any atom is -0.383 e. The quantitative estimate of drug-likeness (QED) is 0.812. The zero-order valence-corrected chi connectivity index (χ0v) is 12.1. The molecule has 0 saturated carbocycles. The van der Waals surface area contributed by atoms with Crippen molar-refractivity contribution in [3.8, 4) is 0 Å². The number of aromatic nitrogens is 1. The molecule has 17 heavy (non-hydrogen) atoms. The van der Waals surface area contributed by atoms with Crippen molar-refractivity contribution >= 4 is 43.4 Å². The molecule has 0 aliphatic rings. The lowest BCUT2D eigenvalue weighted by Crippen LogP contribution is -2.39. The molecule has 96 valence electrons.